The number of pyridine rings is 1. The van der Waals surface area contributed by atoms with Gasteiger partial charge in [0.15, 0.2) is 5.78 Å². The van der Waals surface area contributed by atoms with Crippen molar-refractivity contribution in [3.8, 4) is 11.3 Å². The van der Waals surface area contributed by atoms with Crippen molar-refractivity contribution < 1.29 is 9.86 Å². The molecule has 4 nitrogen and oxygen atoms in total. The van der Waals surface area contributed by atoms with E-state index >= 15 is 0 Å². The van der Waals surface area contributed by atoms with E-state index in [0.29, 0.717) is 16.9 Å². The fourth-order valence-electron chi connectivity index (χ4n) is 2.28. The monoisotopic (exact) mass is 282 g/mol. The molecule has 2 aromatic rings. The van der Waals surface area contributed by atoms with Gasteiger partial charge in [-0.1, -0.05) is 12.7 Å². The van der Waals surface area contributed by atoms with Crippen LogP contribution in [0.4, 0.5) is 5.69 Å². The Bertz CT molecular complexity index is 706. The third-order valence-electron chi connectivity index (χ3n) is 3.44. The third-order valence-corrected chi connectivity index (χ3v) is 3.44. The first kappa shape index (κ1) is 15.1. The van der Waals surface area contributed by atoms with Crippen molar-refractivity contribution in [2.75, 3.05) is 7.05 Å². The van der Waals surface area contributed by atoms with E-state index in [2.05, 4.69) is 11.6 Å². The van der Waals surface area contributed by atoms with Gasteiger partial charge in [0.2, 0.25) is 0 Å². The highest BCUT2D eigenvalue weighted by Crippen LogP contribution is 2.27. The lowest BCUT2D eigenvalue weighted by molar-refractivity contribution is -0.751. The molecule has 1 atom stereocenters. The predicted octanol–water partition coefficient (Wildman–Crippen LogP) is 2.55. The molecule has 1 heterocycles. The first-order valence-corrected chi connectivity index (χ1v) is 6.69. The molecule has 0 saturated carbocycles. The Morgan fingerprint density at radius 2 is 2.10 bits per heavy atom. The summed E-state index contributed by atoms with van der Waals surface area (Å²) < 4.78 is 0. The number of hydrogen-bond acceptors (Lipinski definition) is 3. The maximum Gasteiger partial charge on any atom is 0.159 e. The van der Waals surface area contributed by atoms with E-state index in [-0.39, 0.29) is 10.8 Å². The Hall–Kier alpha value is -2.30. The Morgan fingerprint density at radius 1 is 1.38 bits per heavy atom. The maximum absolute atomic E-state index is 11.8. The Labute approximate surface area is 124 Å². The van der Waals surface area contributed by atoms with Crippen LogP contribution >= 0.6 is 0 Å². The Morgan fingerprint density at radius 3 is 2.67 bits per heavy atom. The number of aromatic nitrogens is 1. The molecule has 1 aromatic carbocycles. The van der Waals surface area contributed by atoms with Crippen LogP contribution in [0.2, 0.25) is 0 Å². The van der Waals surface area contributed by atoms with E-state index in [1.807, 2.05) is 19.1 Å². The molecule has 108 valence electrons. The number of nitrogens with one attached hydrogen (secondary N) is 1. The SMILES string of the molecule is C=Cc1cc(C)c(-c2cc(C(C)=O)ccn2)cc1[NH+](C)[O-]. The van der Waals surface area contributed by atoms with Crippen LogP contribution < -0.4 is 5.06 Å². The Balaban J connectivity index is 2.63. The van der Waals surface area contributed by atoms with E-state index in [9.17, 15) is 10.0 Å². The number of hydrogen-bond donors (Lipinski definition) is 1. The summed E-state index contributed by atoms with van der Waals surface area (Å²) in [6.45, 7) is 7.22. The van der Waals surface area contributed by atoms with Crippen molar-refractivity contribution in [1.82, 2.24) is 4.98 Å². The van der Waals surface area contributed by atoms with Crippen molar-refractivity contribution in [3.63, 3.8) is 0 Å². The van der Waals surface area contributed by atoms with Crippen LogP contribution in [-0.2, 0) is 0 Å². The highest BCUT2D eigenvalue weighted by molar-refractivity contribution is 5.95. The minimum atomic E-state index is -0.0196. The molecule has 0 radical (unpaired) electrons. The number of Topliss-reactive ketones (excluding diaryl/α,β-unsaturated/α-hetero) is 1. The molecule has 0 spiro atoms. The summed E-state index contributed by atoms with van der Waals surface area (Å²) in [7, 11) is 1.53. The first-order valence-electron chi connectivity index (χ1n) is 6.69. The molecule has 2 rings (SSSR count). The molecule has 1 aromatic heterocycles. The van der Waals surface area contributed by atoms with Crippen molar-refractivity contribution in [1.29, 1.82) is 0 Å². The highest BCUT2D eigenvalue weighted by Gasteiger charge is 2.13. The van der Waals surface area contributed by atoms with Crippen LogP contribution in [0, 0.1) is 12.1 Å². The van der Waals surface area contributed by atoms with Crippen molar-refractivity contribution in [3.05, 3.63) is 58.9 Å². The summed E-state index contributed by atoms with van der Waals surface area (Å²) in [6, 6.07) is 7.18. The van der Waals surface area contributed by atoms with Crippen LogP contribution in [0.3, 0.4) is 0 Å². The predicted molar refractivity (Wildman–Crippen MR) is 84.4 cm³/mol. The zero-order valence-electron chi connectivity index (χ0n) is 12.4. The lowest BCUT2D eigenvalue weighted by atomic mass is 9.98. The fourth-order valence-corrected chi connectivity index (χ4v) is 2.28. The van der Waals surface area contributed by atoms with Gasteiger partial charge in [-0.15, -0.1) is 0 Å². The van der Waals surface area contributed by atoms with Gasteiger partial charge in [-0.3, -0.25) is 9.78 Å². The summed E-state index contributed by atoms with van der Waals surface area (Å²) in [5.74, 6) is -0.00851. The normalized spacial score (nSPS) is 12.0. The molecule has 0 amide bonds. The summed E-state index contributed by atoms with van der Waals surface area (Å²) in [4.78, 5) is 15.8. The third kappa shape index (κ3) is 3.07. The molecule has 21 heavy (non-hydrogen) atoms. The lowest BCUT2D eigenvalue weighted by Gasteiger charge is -2.20. The molecule has 1 unspecified atom stereocenters. The number of aryl methyl sites for hydroxylation is 1. The number of quaternary nitrogens is 1. The van der Waals surface area contributed by atoms with Crippen LogP contribution in [-0.4, -0.2) is 17.8 Å². The molecule has 0 aliphatic heterocycles. The number of carbonyl (C=O) groups is 1. The molecular weight excluding hydrogens is 264 g/mol. The molecule has 0 fully saturated rings. The van der Waals surface area contributed by atoms with Gasteiger partial charge in [0.1, 0.15) is 5.69 Å². The topological polar surface area (TPSA) is 57.5 Å². The molecule has 0 bridgehead atoms. The van der Waals surface area contributed by atoms with Crippen LogP contribution in [0.5, 0.6) is 0 Å². The number of carbonyl (C=O) groups excluding carboxylic acids is 1. The van der Waals surface area contributed by atoms with Crippen LogP contribution in [0.1, 0.15) is 28.4 Å². The van der Waals surface area contributed by atoms with Crippen molar-refractivity contribution >= 4 is 17.5 Å². The van der Waals surface area contributed by atoms with Gasteiger partial charge < -0.3 is 10.3 Å². The van der Waals surface area contributed by atoms with Crippen LogP contribution in [0.15, 0.2) is 37.0 Å². The maximum atomic E-state index is 11.8. The molecule has 4 heteroatoms. The van der Waals surface area contributed by atoms with Gasteiger partial charge in [0, 0.05) is 29.0 Å². The minimum absolute atomic E-state index is 0.00851. The average molecular weight is 282 g/mol. The smallest absolute Gasteiger partial charge is 0.159 e. The summed E-state index contributed by atoms with van der Waals surface area (Å²) in [5, 5.41) is 11.8. The van der Waals surface area contributed by atoms with Gasteiger partial charge in [-0.05, 0) is 37.6 Å². The standard InChI is InChI=1S/C17H18N2O2/c1-5-13-8-11(2)15(10-17(13)19(4)21)16-9-14(12(3)20)6-7-18-16/h5-10,19H,1H2,2-4H3. The second-order valence-corrected chi connectivity index (χ2v) is 5.00. The summed E-state index contributed by atoms with van der Waals surface area (Å²) >= 11 is 0. The van der Waals surface area contributed by atoms with Crippen molar-refractivity contribution in [2.45, 2.75) is 13.8 Å². The zero-order valence-corrected chi connectivity index (χ0v) is 12.4. The first-order chi connectivity index (χ1) is 9.93. The van der Waals surface area contributed by atoms with E-state index in [4.69, 9.17) is 0 Å². The zero-order chi connectivity index (χ0) is 15.6. The quantitative estimate of drug-likeness (QED) is 0.692. The second-order valence-electron chi connectivity index (χ2n) is 5.00. The van der Waals surface area contributed by atoms with Gasteiger partial charge in [-0.2, -0.15) is 0 Å². The fraction of sp³-hybridized carbons (Fsp3) is 0.176. The molecular formula is C17H18N2O2. The van der Waals surface area contributed by atoms with Gasteiger partial charge >= 0.3 is 0 Å². The van der Waals surface area contributed by atoms with E-state index in [1.54, 1.807) is 24.4 Å². The summed E-state index contributed by atoms with van der Waals surface area (Å²) in [5.41, 5.74) is 4.57. The van der Waals surface area contributed by atoms with Crippen molar-refractivity contribution in [2.24, 2.45) is 0 Å². The van der Waals surface area contributed by atoms with Gasteiger partial charge in [0.25, 0.3) is 0 Å². The number of ketones is 1. The van der Waals surface area contributed by atoms with Gasteiger partial charge in [0.05, 0.1) is 12.7 Å². The van der Waals surface area contributed by atoms with Gasteiger partial charge in [-0.25, -0.2) is 0 Å². The van der Waals surface area contributed by atoms with E-state index < -0.39 is 0 Å². The number of rotatable bonds is 4. The van der Waals surface area contributed by atoms with E-state index in [1.165, 1.54) is 14.0 Å². The molecule has 0 saturated heterocycles. The number of hydroxylamine groups is 1. The van der Waals surface area contributed by atoms with Crippen LogP contribution in [0.25, 0.3) is 17.3 Å². The number of nitrogens with zero attached hydrogens (tertiary/aromatic N) is 1. The highest BCUT2D eigenvalue weighted by atomic mass is 16.5. The minimum Gasteiger partial charge on any atom is -0.629 e. The second kappa shape index (κ2) is 5.99. The molecule has 0 aliphatic carbocycles. The average Bonchev–Trinajstić information content (AvgIpc) is 2.46. The lowest BCUT2D eigenvalue weighted by Crippen LogP contribution is -2.98. The summed E-state index contributed by atoms with van der Waals surface area (Å²) in [6.07, 6.45) is 3.29. The molecule has 1 N–H and O–H groups in total. The molecule has 0 aliphatic rings. The Kier molecular flexibility index (Phi) is 4.31. The van der Waals surface area contributed by atoms with E-state index in [0.717, 1.165) is 16.7 Å². The number of benzene rings is 1. The largest absolute Gasteiger partial charge is 0.629 e.